The third-order valence-corrected chi connectivity index (χ3v) is 2.64. The van der Waals surface area contributed by atoms with Gasteiger partial charge in [0.25, 0.3) is 0 Å². The Hall–Kier alpha value is -1.72. The predicted octanol–water partition coefficient (Wildman–Crippen LogP) is 1.30. The molecule has 0 aliphatic carbocycles. The summed E-state index contributed by atoms with van der Waals surface area (Å²) in [5.74, 6) is 0. The first-order valence-corrected chi connectivity index (χ1v) is 6.06. The van der Waals surface area contributed by atoms with E-state index in [1.54, 1.807) is 10.9 Å². The molecule has 0 saturated heterocycles. The van der Waals surface area contributed by atoms with Crippen molar-refractivity contribution in [2.75, 3.05) is 6.54 Å². The Morgan fingerprint density at radius 2 is 2.00 bits per heavy atom. The molecule has 2 aromatic rings. The van der Waals surface area contributed by atoms with Gasteiger partial charge in [0.05, 0.1) is 17.6 Å². The molecule has 0 radical (unpaired) electrons. The van der Waals surface area contributed by atoms with Crippen LogP contribution in [-0.4, -0.2) is 32.7 Å². The number of nitrogens with zero attached hydrogens (tertiary/aromatic N) is 3. The molecule has 0 amide bonds. The Morgan fingerprint density at radius 3 is 2.67 bits per heavy atom. The van der Waals surface area contributed by atoms with Crippen molar-refractivity contribution in [1.29, 1.82) is 0 Å². The summed E-state index contributed by atoms with van der Waals surface area (Å²) < 4.78 is 1.66. The second kappa shape index (κ2) is 5.75. The van der Waals surface area contributed by atoms with Crippen molar-refractivity contribution in [3.8, 4) is 5.69 Å². The van der Waals surface area contributed by atoms with Crippen molar-refractivity contribution in [2.45, 2.75) is 26.0 Å². The molecule has 5 heteroatoms. The van der Waals surface area contributed by atoms with Crippen molar-refractivity contribution in [3.63, 3.8) is 0 Å². The van der Waals surface area contributed by atoms with E-state index in [0.29, 0.717) is 18.3 Å². The van der Waals surface area contributed by atoms with E-state index in [1.807, 2.05) is 44.2 Å². The number of para-hydroxylation sites is 1. The smallest absolute Gasteiger partial charge is 0.110 e. The van der Waals surface area contributed by atoms with Crippen LogP contribution < -0.4 is 5.32 Å². The molecule has 1 heterocycles. The average Bonchev–Trinajstić information content (AvgIpc) is 2.86. The fourth-order valence-electron chi connectivity index (χ4n) is 1.69. The van der Waals surface area contributed by atoms with E-state index in [4.69, 9.17) is 0 Å². The molecule has 0 saturated carbocycles. The van der Waals surface area contributed by atoms with E-state index < -0.39 is 6.10 Å². The third kappa shape index (κ3) is 2.94. The van der Waals surface area contributed by atoms with E-state index >= 15 is 0 Å². The van der Waals surface area contributed by atoms with Crippen LogP contribution in [0.1, 0.15) is 25.6 Å². The van der Waals surface area contributed by atoms with Gasteiger partial charge in [0, 0.05) is 12.6 Å². The molecule has 1 aromatic heterocycles. The van der Waals surface area contributed by atoms with Gasteiger partial charge < -0.3 is 10.4 Å². The summed E-state index contributed by atoms with van der Waals surface area (Å²) in [7, 11) is 0. The summed E-state index contributed by atoms with van der Waals surface area (Å²) >= 11 is 0. The first kappa shape index (κ1) is 12.7. The van der Waals surface area contributed by atoms with E-state index in [-0.39, 0.29) is 0 Å². The van der Waals surface area contributed by atoms with Crippen molar-refractivity contribution >= 4 is 0 Å². The van der Waals surface area contributed by atoms with Crippen LogP contribution in [0, 0.1) is 0 Å². The number of rotatable bonds is 5. The molecule has 0 bridgehead atoms. The minimum absolute atomic E-state index is 0.334. The van der Waals surface area contributed by atoms with Crippen LogP contribution in [0.5, 0.6) is 0 Å². The SMILES string of the molecule is CC(C)NCC(O)c1cnnn1-c1ccccc1. The Labute approximate surface area is 106 Å². The van der Waals surface area contributed by atoms with Gasteiger partial charge >= 0.3 is 0 Å². The predicted molar refractivity (Wildman–Crippen MR) is 69.5 cm³/mol. The molecular formula is C13H18N4O. The second-order valence-electron chi connectivity index (χ2n) is 4.48. The lowest BCUT2D eigenvalue weighted by molar-refractivity contribution is 0.164. The number of hydrogen-bond donors (Lipinski definition) is 2. The van der Waals surface area contributed by atoms with Gasteiger partial charge in [0.15, 0.2) is 0 Å². The number of aliphatic hydroxyl groups is 1. The molecule has 5 nitrogen and oxygen atoms in total. The number of benzene rings is 1. The summed E-state index contributed by atoms with van der Waals surface area (Å²) in [5.41, 5.74) is 1.59. The van der Waals surface area contributed by atoms with E-state index in [9.17, 15) is 5.11 Å². The molecule has 2 rings (SSSR count). The van der Waals surface area contributed by atoms with Gasteiger partial charge in [-0.25, -0.2) is 4.68 Å². The molecule has 96 valence electrons. The Kier molecular flexibility index (Phi) is 4.07. The maximum atomic E-state index is 10.1. The Balaban J connectivity index is 2.17. The maximum Gasteiger partial charge on any atom is 0.110 e. The number of aromatic nitrogens is 3. The zero-order valence-electron chi connectivity index (χ0n) is 10.6. The minimum Gasteiger partial charge on any atom is -0.385 e. The fourth-order valence-corrected chi connectivity index (χ4v) is 1.69. The highest BCUT2D eigenvalue weighted by atomic mass is 16.3. The van der Waals surface area contributed by atoms with Crippen LogP contribution in [0.25, 0.3) is 5.69 Å². The highest BCUT2D eigenvalue weighted by Gasteiger charge is 2.15. The monoisotopic (exact) mass is 246 g/mol. The van der Waals surface area contributed by atoms with Gasteiger partial charge in [-0.05, 0) is 12.1 Å². The number of aliphatic hydroxyl groups excluding tert-OH is 1. The van der Waals surface area contributed by atoms with Crippen LogP contribution in [-0.2, 0) is 0 Å². The van der Waals surface area contributed by atoms with Crippen molar-refractivity contribution < 1.29 is 5.11 Å². The molecule has 2 N–H and O–H groups in total. The topological polar surface area (TPSA) is 63.0 Å². The van der Waals surface area contributed by atoms with Crippen molar-refractivity contribution in [3.05, 3.63) is 42.2 Å². The van der Waals surface area contributed by atoms with Crippen molar-refractivity contribution in [1.82, 2.24) is 20.3 Å². The van der Waals surface area contributed by atoms with E-state index in [0.717, 1.165) is 5.69 Å². The largest absolute Gasteiger partial charge is 0.385 e. The van der Waals surface area contributed by atoms with Crippen LogP contribution in [0.3, 0.4) is 0 Å². The molecule has 0 fully saturated rings. The lowest BCUT2D eigenvalue weighted by atomic mass is 10.2. The maximum absolute atomic E-state index is 10.1. The standard InChI is InChI=1S/C13H18N4O/c1-10(2)14-9-13(18)12-8-15-16-17(12)11-6-4-3-5-7-11/h3-8,10,13-14,18H,9H2,1-2H3. The van der Waals surface area contributed by atoms with Gasteiger partial charge in [-0.15, -0.1) is 5.10 Å². The highest BCUT2D eigenvalue weighted by Crippen LogP contribution is 2.15. The zero-order valence-corrected chi connectivity index (χ0v) is 10.6. The average molecular weight is 246 g/mol. The highest BCUT2D eigenvalue weighted by molar-refractivity contribution is 5.31. The van der Waals surface area contributed by atoms with Gasteiger partial charge in [0.1, 0.15) is 6.10 Å². The summed E-state index contributed by atoms with van der Waals surface area (Å²) in [6, 6.07) is 10.00. The molecule has 0 spiro atoms. The first-order valence-electron chi connectivity index (χ1n) is 6.06. The Morgan fingerprint density at radius 1 is 1.28 bits per heavy atom. The first-order chi connectivity index (χ1) is 8.68. The normalized spacial score (nSPS) is 12.9. The van der Waals surface area contributed by atoms with Gasteiger partial charge in [-0.1, -0.05) is 37.3 Å². The second-order valence-corrected chi connectivity index (χ2v) is 4.48. The van der Waals surface area contributed by atoms with E-state index in [2.05, 4.69) is 15.6 Å². The molecule has 0 aliphatic rings. The van der Waals surface area contributed by atoms with Gasteiger partial charge in [-0.3, -0.25) is 0 Å². The van der Waals surface area contributed by atoms with Gasteiger partial charge in [0.2, 0.25) is 0 Å². The van der Waals surface area contributed by atoms with Crippen molar-refractivity contribution in [2.24, 2.45) is 0 Å². The molecule has 18 heavy (non-hydrogen) atoms. The summed E-state index contributed by atoms with van der Waals surface area (Å²) in [5, 5.41) is 21.2. The van der Waals surface area contributed by atoms with Crippen LogP contribution in [0.2, 0.25) is 0 Å². The quantitative estimate of drug-likeness (QED) is 0.834. The van der Waals surface area contributed by atoms with Gasteiger partial charge in [-0.2, -0.15) is 0 Å². The summed E-state index contributed by atoms with van der Waals surface area (Å²) in [4.78, 5) is 0. The van der Waals surface area contributed by atoms with Crippen LogP contribution in [0.4, 0.5) is 0 Å². The molecule has 1 atom stereocenters. The molecule has 0 aliphatic heterocycles. The molecule has 1 unspecified atom stereocenters. The van der Waals surface area contributed by atoms with E-state index in [1.165, 1.54) is 0 Å². The van der Waals surface area contributed by atoms with Crippen LogP contribution in [0.15, 0.2) is 36.5 Å². The lowest BCUT2D eigenvalue weighted by Crippen LogP contribution is -2.28. The van der Waals surface area contributed by atoms with Crippen LogP contribution >= 0.6 is 0 Å². The zero-order chi connectivity index (χ0) is 13.0. The Bertz CT molecular complexity index is 481. The lowest BCUT2D eigenvalue weighted by Gasteiger charge is -2.15. The minimum atomic E-state index is -0.623. The number of hydrogen-bond acceptors (Lipinski definition) is 4. The third-order valence-electron chi connectivity index (χ3n) is 2.64. The number of nitrogens with one attached hydrogen (secondary N) is 1. The molecular weight excluding hydrogens is 228 g/mol. The summed E-state index contributed by atoms with van der Waals surface area (Å²) in [6.45, 7) is 4.57. The summed E-state index contributed by atoms with van der Waals surface area (Å²) in [6.07, 6.45) is 0.974. The fraction of sp³-hybridized carbons (Fsp3) is 0.385. The molecule has 1 aromatic carbocycles.